The summed E-state index contributed by atoms with van der Waals surface area (Å²) in [5.41, 5.74) is 2.43. The fraction of sp³-hybridized carbons (Fsp3) is 0.391. The summed E-state index contributed by atoms with van der Waals surface area (Å²) in [5, 5.41) is 4.09. The van der Waals surface area contributed by atoms with Gasteiger partial charge in [-0.15, -0.1) is 0 Å². The molecule has 1 aliphatic heterocycles. The number of methoxy groups -OCH3 is 1. The number of hydrogen-bond acceptors (Lipinski definition) is 8. The van der Waals surface area contributed by atoms with Crippen molar-refractivity contribution in [2.45, 2.75) is 26.0 Å². The topological polar surface area (TPSA) is 119 Å². The molecule has 11 nitrogen and oxygen atoms in total. The third-order valence-corrected chi connectivity index (χ3v) is 6.79. The van der Waals surface area contributed by atoms with Crippen molar-refractivity contribution in [3.05, 3.63) is 65.3 Å². The zero-order valence-corrected chi connectivity index (χ0v) is 20.6. The van der Waals surface area contributed by atoms with Crippen LogP contribution in [0.2, 0.25) is 0 Å². The zero-order chi connectivity index (χ0) is 25.2. The molecule has 1 saturated heterocycles. The van der Waals surface area contributed by atoms with Gasteiger partial charge in [0.05, 0.1) is 24.9 Å². The lowest BCUT2D eigenvalue weighted by Crippen LogP contribution is -2.46. The van der Waals surface area contributed by atoms with Gasteiger partial charge in [0.25, 0.3) is 0 Å². The molecule has 4 rings (SSSR count). The van der Waals surface area contributed by atoms with E-state index >= 15 is 0 Å². The Labute approximate surface area is 204 Å². The number of benzene rings is 2. The quantitative estimate of drug-likeness (QED) is 0.461. The summed E-state index contributed by atoms with van der Waals surface area (Å²) in [5.74, 6) is 0.840. The first-order chi connectivity index (χ1) is 16.7. The molecule has 0 spiro atoms. The molecule has 2 aromatic carbocycles. The molecule has 0 saturated carbocycles. The minimum Gasteiger partial charge on any atom is -0.497 e. The third-order valence-electron chi connectivity index (χ3n) is 6.24. The smallest absolute Gasteiger partial charge is 0.397 e. The van der Waals surface area contributed by atoms with E-state index in [9.17, 15) is 13.2 Å². The van der Waals surface area contributed by atoms with E-state index in [1.54, 1.807) is 14.0 Å². The van der Waals surface area contributed by atoms with Crippen LogP contribution in [0.25, 0.3) is 5.69 Å². The predicted molar refractivity (Wildman–Crippen MR) is 132 cm³/mol. The average molecular weight is 504 g/mol. The molecule has 1 N–H and O–H groups in total. The van der Waals surface area contributed by atoms with E-state index in [4.69, 9.17) is 9.29 Å². The van der Waals surface area contributed by atoms with Gasteiger partial charge in [0.15, 0.2) is 0 Å². The molecule has 12 heteroatoms. The Balaban J connectivity index is 1.41. The molecule has 2 atom stereocenters. The number of nitrogens with zero attached hydrogens (tertiary/aromatic N) is 5. The van der Waals surface area contributed by atoms with E-state index in [1.807, 2.05) is 36.4 Å². The molecule has 1 aliphatic rings. The summed E-state index contributed by atoms with van der Waals surface area (Å²) >= 11 is 0. The lowest BCUT2D eigenvalue weighted by molar-refractivity contribution is 0.142. The van der Waals surface area contributed by atoms with Crippen LogP contribution in [0.5, 0.6) is 5.75 Å². The number of rotatable bonds is 8. The molecule has 0 unspecified atom stereocenters. The Bertz CT molecular complexity index is 1300. The SMILES string of the molecule is COc1ccc(N2CCN(c3ccc(-n4cnn([C@@H](C)[C@@H](C)OS(=O)(=O)O)c4=O)cc3)CC2)cc1. The highest BCUT2D eigenvalue weighted by atomic mass is 32.3. The van der Waals surface area contributed by atoms with Crippen LogP contribution in [0.4, 0.5) is 11.4 Å². The second kappa shape index (κ2) is 10.1. The van der Waals surface area contributed by atoms with Gasteiger partial charge in [0, 0.05) is 37.6 Å². The van der Waals surface area contributed by atoms with Crippen LogP contribution in [0.1, 0.15) is 19.9 Å². The van der Waals surface area contributed by atoms with Gasteiger partial charge in [0.2, 0.25) is 0 Å². The van der Waals surface area contributed by atoms with Gasteiger partial charge < -0.3 is 14.5 Å². The maximum absolute atomic E-state index is 12.9. The standard InChI is InChI=1S/C23H29N5O6S/c1-17(18(2)34-35(30,31)32)28-23(29)27(16-24-28)21-6-4-19(5-7-21)25-12-14-26(15-13-25)20-8-10-22(33-3)11-9-20/h4-11,16-18H,12-15H2,1-3H3,(H,30,31,32)/t17-,18+/m0/s1. The molecule has 0 aliphatic carbocycles. The van der Waals surface area contributed by atoms with Crippen LogP contribution < -0.4 is 20.2 Å². The highest BCUT2D eigenvalue weighted by Crippen LogP contribution is 2.23. The van der Waals surface area contributed by atoms with Crippen LogP contribution in [0, 0.1) is 0 Å². The second-order valence-corrected chi connectivity index (χ2v) is 9.43. The average Bonchev–Trinajstić information content (AvgIpc) is 3.24. The Morgan fingerprint density at radius 3 is 1.86 bits per heavy atom. The first kappa shape index (κ1) is 24.8. The second-order valence-electron chi connectivity index (χ2n) is 8.39. The van der Waals surface area contributed by atoms with Gasteiger partial charge in [-0.05, 0) is 62.4 Å². The molecule has 188 valence electrons. The molecule has 1 aromatic heterocycles. The monoisotopic (exact) mass is 503 g/mol. The third kappa shape index (κ3) is 5.66. The van der Waals surface area contributed by atoms with E-state index < -0.39 is 28.2 Å². The van der Waals surface area contributed by atoms with E-state index in [-0.39, 0.29) is 0 Å². The number of anilines is 2. The summed E-state index contributed by atoms with van der Waals surface area (Å²) in [4.78, 5) is 17.5. The summed E-state index contributed by atoms with van der Waals surface area (Å²) in [6.07, 6.45) is 0.395. The van der Waals surface area contributed by atoms with Crippen molar-refractivity contribution in [1.29, 1.82) is 0 Å². The van der Waals surface area contributed by atoms with Crippen molar-refractivity contribution < 1.29 is 21.9 Å². The predicted octanol–water partition coefficient (Wildman–Crippen LogP) is 2.14. The fourth-order valence-electron chi connectivity index (χ4n) is 4.08. The highest BCUT2D eigenvalue weighted by molar-refractivity contribution is 7.80. The van der Waals surface area contributed by atoms with Gasteiger partial charge in [-0.3, -0.25) is 4.55 Å². The Kier molecular flexibility index (Phi) is 7.15. The molecule has 0 bridgehead atoms. The van der Waals surface area contributed by atoms with Crippen molar-refractivity contribution in [2.75, 3.05) is 43.1 Å². The normalized spacial score (nSPS) is 16.2. The molecule has 2 heterocycles. The number of piperazine rings is 1. The lowest BCUT2D eigenvalue weighted by Gasteiger charge is -2.37. The molecular formula is C23H29N5O6S. The number of ether oxygens (including phenoxy) is 1. The molecule has 0 radical (unpaired) electrons. The molecule has 3 aromatic rings. The largest absolute Gasteiger partial charge is 0.497 e. The van der Waals surface area contributed by atoms with Crippen LogP contribution in [0.3, 0.4) is 0 Å². The summed E-state index contributed by atoms with van der Waals surface area (Å²) in [7, 11) is -2.98. The van der Waals surface area contributed by atoms with Crippen molar-refractivity contribution in [3.63, 3.8) is 0 Å². The van der Waals surface area contributed by atoms with Crippen molar-refractivity contribution in [1.82, 2.24) is 14.3 Å². The van der Waals surface area contributed by atoms with E-state index in [2.05, 4.69) is 31.2 Å². The summed E-state index contributed by atoms with van der Waals surface area (Å²) in [6, 6.07) is 15.0. The lowest BCUT2D eigenvalue weighted by atomic mass is 10.2. The zero-order valence-electron chi connectivity index (χ0n) is 19.8. The summed E-state index contributed by atoms with van der Waals surface area (Å²) in [6.45, 7) is 6.54. The first-order valence-electron chi connectivity index (χ1n) is 11.2. The number of hydrogen-bond donors (Lipinski definition) is 1. The van der Waals surface area contributed by atoms with Crippen LogP contribution >= 0.6 is 0 Å². The van der Waals surface area contributed by atoms with Gasteiger partial charge in [-0.1, -0.05) is 0 Å². The number of aromatic nitrogens is 3. The summed E-state index contributed by atoms with van der Waals surface area (Å²) < 4.78 is 43.1. The fourth-order valence-corrected chi connectivity index (χ4v) is 4.63. The Hall–Kier alpha value is -3.35. The minimum atomic E-state index is -4.64. The molecular weight excluding hydrogens is 474 g/mol. The van der Waals surface area contributed by atoms with Gasteiger partial charge >= 0.3 is 16.1 Å². The first-order valence-corrected chi connectivity index (χ1v) is 12.6. The molecule has 1 fully saturated rings. The molecule has 35 heavy (non-hydrogen) atoms. The van der Waals surface area contributed by atoms with Crippen molar-refractivity contribution in [3.8, 4) is 11.4 Å². The van der Waals surface area contributed by atoms with Gasteiger partial charge in [-0.25, -0.2) is 18.2 Å². The van der Waals surface area contributed by atoms with E-state index in [1.165, 1.54) is 23.5 Å². The van der Waals surface area contributed by atoms with E-state index in [0.717, 1.165) is 42.3 Å². The van der Waals surface area contributed by atoms with Crippen molar-refractivity contribution >= 4 is 21.8 Å². The maximum Gasteiger partial charge on any atom is 0.397 e. The van der Waals surface area contributed by atoms with Crippen LogP contribution in [0.15, 0.2) is 59.7 Å². The van der Waals surface area contributed by atoms with Crippen molar-refractivity contribution in [2.24, 2.45) is 0 Å². The Morgan fingerprint density at radius 2 is 1.37 bits per heavy atom. The van der Waals surface area contributed by atoms with Gasteiger partial charge in [0.1, 0.15) is 12.1 Å². The maximum atomic E-state index is 12.9. The minimum absolute atomic E-state index is 0.441. The van der Waals surface area contributed by atoms with Crippen LogP contribution in [-0.4, -0.2) is 66.7 Å². The molecule has 0 amide bonds. The van der Waals surface area contributed by atoms with Crippen LogP contribution in [-0.2, 0) is 14.6 Å². The van der Waals surface area contributed by atoms with Gasteiger partial charge in [-0.2, -0.15) is 13.5 Å². The highest BCUT2D eigenvalue weighted by Gasteiger charge is 2.24. The Morgan fingerprint density at radius 1 is 0.886 bits per heavy atom. The van der Waals surface area contributed by atoms with E-state index in [0.29, 0.717) is 5.69 Å².